The SMILES string of the molecule is C=Nc1c(C(=O)NC2CCN(C3CCOCC3)CC2)ccc(-c2nc(C)nc3[nH]c4cc(C(C(C)=O)=C(C)N)c(OC)cc4c23)c1/C=C\C. The van der Waals surface area contributed by atoms with E-state index in [1.165, 1.54) is 6.92 Å². The van der Waals surface area contributed by atoms with Gasteiger partial charge in [-0.15, -0.1) is 0 Å². The van der Waals surface area contributed by atoms with Gasteiger partial charge in [-0.25, -0.2) is 9.97 Å². The van der Waals surface area contributed by atoms with Gasteiger partial charge in [0.05, 0.1) is 29.4 Å². The Balaban J connectivity index is 1.40. The zero-order valence-corrected chi connectivity index (χ0v) is 29.0. The first-order valence-corrected chi connectivity index (χ1v) is 16.9. The standard InChI is InChI=1S/C38H45N7O4/c1-7-8-26-27(9-10-28(35(26)40-5)38(47)43-24-11-15-45(16-12-24)25-13-17-49-18-14-25)36-34-29-20-32(48-6)30(33(21(2)39)22(3)46)19-31(29)44-37(34)42-23(4)41-36/h7-10,19-20,24-25H,5,11-18,39H2,1-4,6H3,(H,43,47)(H,41,42,44)/b8-7-,33-21?. The molecule has 2 saturated heterocycles. The Bertz CT molecular complexity index is 1990. The molecule has 0 bridgehead atoms. The summed E-state index contributed by atoms with van der Waals surface area (Å²) < 4.78 is 11.3. The molecule has 2 fully saturated rings. The molecule has 0 saturated carbocycles. The molecule has 4 aromatic rings. The van der Waals surface area contributed by atoms with Gasteiger partial charge in [-0.1, -0.05) is 18.2 Å². The Labute approximate surface area is 286 Å². The Kier molecular flexibility index (Phi) is 9.94. The van der Waals surface area contributed by atoms with Crippen LogP contribution < -0.4 is 15.8 Å². The summed E-state index contributed by atoms with van der Waals surface area (Å²) in [5, 5.41) is 4.87. The molecule has 2 aliphatic rings. The summed E-state index contributed by atoms with van der Waals surface area (Å²) in [7, 11) is 1.57. The molecule has 4 N–H and O–H groups in total. The first-order valence-electron chi connectivity index (χ1n) is 16.9. The number of carbonyl (C=O) groups excluding carboxylic acids is 2. The number of H-pyrrole nitrogens is 1. The van der Waals surface area contributed by atoms with Crippen molar-refractivity contribution < 1.29 is 19.1 Å². The maximum Gasteiger partial charge on any atom is 0.253 e. The molecule has 6 rings (SSSR count). The fraction of sp³-hybridized carbons (Fsp3) is 0.395. The minimum Gasteiger partial charge on any atom is -0.496 e. The topological polar surface area (TPSA) is 148 Å². The number of aryl methyl sites for hydroxylation is 1. The van der Waals surface area contributed by atoms with E-state index in [9.17, 15) is 9.59 Å². The van der Waals surface area contributed by atoms with Crippen molar-refractivity contribution in [1.82, 2.24) is 25.2 Å². The molecule has 11 heteroatoms. The third-order valence-electron chi connectivity index (χ3n) is 9.68. The van der Waals surface area contributed by atoms with E-state index >= 15 is 0 Å². The summed E-state index contributed by atoms with van der Waals surface area (Å²) in [5.41, 5.74) is 12.1. The van der Waals surface area contributed by atoms with Crippen molar-refractivity contribution >= 4 is 57.7 Å². The van der Waals surface area contributed by atoms with Gasteiger partial charge in [-0.2, -0.15) is 0 Å². The van der Waals surface area contributed by atoms with E-state index in [0.717, 1.165) is 79.4 Å². The lowest BCUT2D eigenvalue weighted by Gasteiger charge is -2.39. The normalized spacial score (nSPS) is 17.1. The van der Waals surface area contributed by atoms with Gasteiger partial charge >= 0.3 is 0 Å². The minimum absolute atomic E-state index is 0.0859. The fourth-order valence-electron chi connectivity index (χ4n) is 7.40. The van der Waals surface area contributed by atoms with Crippen molar-refractivity contribution in [2.24, 2.45) is 10.7 Å². The molecule has 0 atom stereocenters. The highest BCUT2D eigenvalue weighted by Crippen LogP contribution is 2.42. The second kappa shape index (κ2) is 14.3. The largest absolute Gasteiger partial charge is 0.496 e. The van der Waals surface area contributed by atoms with E-state index in [0.29, 0.717) is 57.0 Å². The average Bonchev–Trinajstić information content (AvgIpc) is 3.44. The number of nitrogens with zero attached hydrogens (tertiary/aromatic N) is 4. The average molecular weight is 664 g/mol. The van der Waals surface area contributed by atoms with Crippen molar-refractivity contribution in [3.8, 4) is 17.0 Å². The molecule has 2 aromatic carbocycles. The van der Waals surface area contributed by atoms with Crippen LogP contribution in [0.25, 0.3) is 44.8 Å². The van der Waals surface area contributed by atoms with E-state index in [4.69, 9.17) is 25.2 Å². The quantitative estimate of drug-likeness (QED) is 0.144. The van der Waals surface area contributed by atoms with Crippen LogP contribution in [0.4, 0.5) is 5.69 Å². The third-order valence-corrected chi connectivity index (χ3v) is 9.68. The lowest BCUT2D eigenvalue weighted by molar-refractivity contribution is -0.111. The second-order valence-electron chi connectivity index (χ2n) is 12.9. The maximum atomic E-state index is 13.8. The van der Waals surface area contributed by atoms with Gasteiger partial charge in [0.1, 0.15) is 17.2 Å². The Hall–Kier alpha value is -4.87. The number of ether oxygens (including phenoxy) is 2. The smallest absolute Gasteiger partial charge is 0.253 e. The van der Waals surface area contributed by atoms with E-state index in [-0.39, 0.29) is 17.7 Å². The summed E-state index contributed by atoms with van der Waals surface area (Å²) in [6.45, 7) is 14.4. The number of hydrogen-bond donors (Lipinski definition) is 3. The molecule has 11 nitrogen and oxygen atoms in total. The molecule has 256 valence electrons. The van der Waals surface area contributed by atoms with Crippen LogP contribution in [0.2, 0.25) is 0 Å². The van der Waals surface area contributed by atoms with Crippen LogP contribution in [-0.4, -0.2) is 83.8 Å². The van der Waals surface area contributed by atoms with Crippen LogP contribution in [-0.2, 0) is 9.53 Å². The number of Topliss-reactive ketones (excluding diaryl/α,β-unsaturated/α-hetero) is 1. The van der Waals surface area contributed by atoms with Crippen molar-refractivity contribution in [2.45, 2.75) is 65.5 Å². The molecule has 0 radical (unpaired) electrons. The number of nitrogens with two attached hydrogens (primary N) is 1. The number of carbonyl (C=O) groups is 2. The van der Waals surface area contributed by atoms with Crippen molar-refractivity contribution in [1.29, 1.82) is 0 Å². The van der Waals surface area contributed by atoms with Gasteiger partial charge in [0, 0.05) is 77.3 Å². The van der Waals surface area contributed by atoms with Crippen molar-refractivity contribution in [3.63, 3.8) is 0 Å². The molecule has 2 aliphatic heterocycles. The number of methoxy groups -OCH3 is 1. The van der Waals surface area contributed by atoms with E-state index in [2.05, 4.69) is 26.9 Å². The summed E-state index contributed by atoms with van der Waals surface area (Å²) in [6, 6.07) is 8.14. The number of aromatic amines is 1. The van der Waals surface area contributed by atoms with Crippen LogP contribution >= 0.6 is 0 Å². The molecule has 1 amide bonds. The first kappa shape index (κ1) is 34.0. The molecule has 49 heavy (non-hydrogen) atoms. The van der Waals surface area contributed by atoms with Gasteiger partial charge in [-0.05, 0) is 78.3 Å². The number of fused-ring (bicyclic) bond motifs is 3. The van der Waals surface area contributed by atoms with Gasteiger partial charge in [0.2, 0.25) is 0 Å². The van der Waals surface area contributed by atoms with Crippen LogP contribution in [0, 0.1) is 6.92 Å². The molecule has 0 unspecified atom stereocenters. The summed E-state index contributed by atoms with van der Waals surface area (Å²) in [4.78, 5) is 46.4. The predicted molar refractivity (Wildman–Crippen MR) is 195 cm³/mol. The Morgan fingerprint density at radius 3 is 2.49 bits per heavy atom. The van der Waals surface area contributed by atoms with Crippen LogP contribution in [0.5, 0.6) is 5.75 Å². The number of piperidine rings is 1. The van der Waals surface area contributed by atoms with Gasteiger partial charge in [-0.3, -0.25) is 14.6 Å². The van der Waals surface area contributed by atoms with Gasteiger partial charge in [0.15, 0.2) is 5.78 Å². The number of hydrogen-bond acceptors (Lipinski definition) is 9. The summed E-state index contributed by atoms with van der Waals surface area (Å²) in [5.74, 6) is 0.747. The Morgan fingerprint density at radius 2 is 1.86 bits per heavy atom. The predicted octanol–water partition coefficient (Wildman–Crippen LogP) is 6.11. The number of allylic oxidation sites excluding steroid dienone is 3. The number of nitrogens with one attached hydrogen (secondary N) is 2. The highest BCUT2D eigenvalue weighted by atomic mass is 16.5. The van der Waals surface area contributed by atoms with Crippen molar-refractivity contribution in [3.05, 3.63) is 58.6 Å². The lowest BCUT2D eigenvalue weighted by Crippen LogP contribution is -2.49. The highest BCUT2D eigenvalue weighted by Gasteiger charge is 2.29. The molecule has 0 spiro atoms. The number of ketones is 1. The number of amides is 1. The molecule has 2 aromatic heterocycles. The number of aliphatic imine (C=N–C) groups is 1. The molecule has 0 aliphatic carbocycles. The number of likely N-dealkylation sites (tertiary alicyclic amines) is 1. The van der Waals surface area contributed by atoms with Crippen molar-refractivity contribution in [2.75, 3.05) is 33.4 Å². The monoisotopic (exact) mass is 663 g/mol. The van der Waals surface area contributed by atoms with E-state index in [1.54, 1.807) is 14.0 Å². The number of benzene rings is 2. The van der Waals surface area contributed by atoms with Crippen LogP contribution in [0.1, 0.15) is 73.8 Å². The molecular weight excluding hydrogens is 618 g/mol. The number of rotatable bonds is 9. The lowest BCUT2D eigenvalue weighted by atomic mass is 9.94. The minimum atomic E-state index is -0.165. The Morgan fingerprint density at radius 1 is 1.12 bits per heavy atom. The number of aromatic nitrogens is 3. The van der Waals surface area contributed by atoms with E-state index in [1.807, 2.05) is 50.3 Å². The van der Waals surface area contributed by atoms with E-state index < -0.39 is 0 Å². The zero-order valence-electron chi connectivity index (χ0n) is 29.0. The van der Waals surface area contributed by atoms with Crippen LogP contribution in [0.3, 0.4) is 0 Å². The molecular formula is C38H45N7O4. The zero-order chi connectivity index (χ0) is 34.8. The summed E-state index contributed by atoms with van der Waals surface area (Å²) in [6.07, 6.45) is 7.80. The second-order valence-corrected chi connectivity index (χ2v) is 12.9. The third kappa shape index (κ3) is 6.60. The summed E-state index contributed by atoms with van der Waals surface area (Å²) >= 11 is 0. The van der Waals surface area contributed by atoms with Gasteiger partial charge in [0.25, 0.3) is 5.91 Å². The fourth-order valence-corrected chi connectivity index (χ4v) is 7.40. The first-order chi connectivity index (χ1) is 23.6. The van der Waals surface area contributed by atoms with Gasteiger partial charge < -0.3 is 30.4 Å². The molecule has 4 heterocycles. The maximum absolute atomic E-state index is 13.8. The highest BCUT2D eigenvalue weighted by molar-refractivity contribution is 6.23. The van der Waals surface area contributed by atoms with Crippen LogP contribution in [0.15, 0.2) is 41.0 Å².